The SMILES string of the molecule is N#CC1(N(Cl)c2ccc(Cl)cc2)CCCCC1. The number of halogens is 2. The van der Waals surface area contributed by atoms with Crippen molar-refractivity contribution < 1.29 is 0 Å². The van der Waals surface area contributed by atoms with Crippen LogP contribution in [0.5, 0.6) is 0 Å². The molecule has 0 amide bonds. The van der Waals surface area contributed by atoms with Gasteiger partial charge in [0.25, 0.3) is 0 Å². The predicted molar refractivity (Wildman–Crippen MR) is 71.2 cm³/mol. The average Bonchev–Trinajstić information content (AvgIpc) is 2.39. The first-order valence-electron chi connectivity index (χ1n) is 5.81. The second-order valence-electron chi connectivity index (χ2n) is 4.46. The molecular formula is C13H14Cl2N2. The Morgan fingerprint density at radius 1 is 1.12 bits per heavy atom. The van der Waals surface area contributed by atoms with Gasteiger partial charge in [0, 0.05) is 16.8 Å². The topological polar surface area (TPSA) is 27.0 Å². The molecule has 4 heteroatoms. The van der Waals surface area contributed by atoms with Gasteiger partial charge in [0.1, 0.15) is 5.54 Å². The molecule has 1 fully saturated rings. The van der Waals surface area contributed by atoms with Gasteiger partial charge in [-0.15, -0.1) is 0 Å². The van der Waals surface area contributed by atoms with Crippen LogP contribution in [0, 0.1) is 11.3 Å². The summed E-state index contributed by atoms with van der Waals surface area (Å²) in [4.78, 5) is 0. The monoisotopic (exact) mass is 268 g/mol. The molecule has 0 unspecified atom stereocenters. The van der Waals surface area contributed by atoms with E-state index in [4.69, 9.17) is 23.4 Å². The molecule has 1 aliphatic carbocycles. The zero-order chi connectivity index (χ0) is 12.3. The first kappa shape index (κ1) is 12.5. The summed E-state index contributed by atoms with van der Waals surface area (Å²) >= 11 is 12.2. The Hall–Kier alpha value is -0.910. The summed E-state index contributed by atoms with van der Waals surface area (Å²) in [5.74, 6) is 0. The van der Waals surface area contributed by atoms with Crippen LogP contribution in [0.2, 0.25) is 5.02 Å². The van der Waals surface area contributed by atoms with Crippen LogP contribution in [0.3, 0.4) is 0 Å². The normalized spacial score (nSPS) is 18.4. The van der Waals surface area contributed by atoms with Crippen molar-refractivity contribution in [2.24, 2.45) is 0 Å². The van der Waals surface area contributed by atoms with Crippen molar-refractivity contribution in [2.45, 2.75) is 37.6 Å². The van der Waals surface area contributed by atoms with Gasteiger partial charge in [-0.05, 0) is 49.9 Å². The van der Waals surface area contributed by atoms with E-state index in [-0.39, 0.29) is 0 Å². The third kappa shape index (κ3) is 2.51. The maximum Gasteiger partial charge on any atom is 0.142 e. The summed E-state index contributed by atoms with van der Waals surface area (Å²) in [6.45, 7) is 0. The molecule has 0 radical (unpaired) electrons. The van der Waals surface area contributed by atoms with Gasteiger partial charge in [-0.2, -0.15) is 5.26 Å². The fraction of sp³-hybridized carbons (Fsp3) is 0.462. The van der Waals surface area contributed by atoms with Crippen molar-refractivity contribution in [1.82, 2.24) is 0 Å². The van der Waals surface area contributed by atoms with E-state index in [0.29, 0.717) is 5.02 Å². The number of hydrogen-bond acceptors (Lipinski definition) is 2. The van der Waals surface area contributed by atoms with E-state index in [1.807, 2.05) is 12.1 Å². The van der Waals surface area contributed by atoms with E-state index in [9.17, 15) is 5.26 Å². The minimum absolute atomic E-state index is 0.562. The molecule has 17 heavy (non-hydrogen) atoms. The number of nitrogens with zero attached hydrogens (tertiary/aromatic N) is 2. The quantitative estimate of drug-likeness (QED) is 0.738. The summed E-state index contributed by atoms with van der Waals surface area (Å²) in [5, 5.41) is 10.1. The van der Waals surface area contributed by atoms with Crippen molar-refractivity contribution in [3.05, 3.63) is 29.3 Å². The van der Waals surface area contributed by atoms with Gasteiger partial charge >= 0.3 is 0 Å². The maximum atomic E-state index is 9.43. The molecule has 0 aromatic heterocycles. The Balaban J connectivity index is 2.25. The Bertz CT molecular complexity index is 416. The van der Waals surface area contributed by atoms with Gasteiger partial charge in [-0.1, -0.05) is 18.0 Å². The van der Waals surface area contributed by atoms with Gasteiger partial charge in [0.2, 0.25) is 0 Å². The van der Waals surface area contributed by atoms with Crippen LogP contribution in [0.15, 0.2) is 24.3 Å². The smallest absolute Gasteiger partial charge is 0.142 e. The maximum absolute atomic E-state index is 9.43. The van der Waals surface area contributed by atoms with Crippen molar-refractivity contribution in [3.63, 3.8) is 0 Å². The average molecular weight is 269 g/mol. The summed E-state index contributed by atoms with van der Waals surface area (Å²) in [5.41, 5.74) is 0.271. The molecule has 0 heterocycles. The van der Waals surface area contributed by atoms with Crippen LogP contribution in [-0.2, 0) is 0 Å². The van der Waals surface area contributed by atoms with E-state index in [0.717, 1.165) is 31.4 Å². The molecule has 0 saturated heterocycles. The van der Waals surface area contributed by atoms with Crippen molar-refractivity contribution in [2.75, 3.05) is 4.42 Å². The Labute approximate surface area is 112 Å². The van der Waals surface area contributed by atoms with Crippen molar-refractivity contribution >= 4 is 29.1 Å². The highest BCUT2D eigenvalue weighted by Gasteiger charge is 2.38. The molecule has 0 bridgehead atoms. The summed E-state index contributed by atoms with van der Waals surface area (Å²) < 4.78 is 1.59. The molecule has 0 N–H and O–H groups in total. The Morgan fingerprint density at radius 2 is 1.71 bits per heavy atom. The molecule has 90 valence electrons. The third-order valence-corrected chi connectivity index (χ3v) is 4.09. The molecule has 1 aliphatic rings. The van der Waals surface area contributed by atoms with Crippen LogP contribution in [0.25, 0.3) is 0 Å². The number of hydrogen-bond donors (Lipinski definition) is 0. The summed E-state index contributed by atoms with van der Waals surface area (Å²) in [7, 11) is 0. The predicted octanol–water partition coefficient (Wildman–Crippen LogP) is 4.53. The van der Waals surface area contributed by atoms with Gasteiger partial charge in [0.15, 0.2) is 0 Å². The molecule has 1 saturated carbocycles. The number of nitriles is 1. The zero-order valence-electron chi connectivity index (χ0n) is 9.50. The van der Waals surface area contributed by atoms with E-state index in [2.05, 4.69) is 6.07 Å². The number of rotatable bonds is 2. The molecule has 1 aromatic carbocycles. The van der Waals surface area contributed by atoms with Crippen LogP contribution in [0.4, 0.5) is 5.69 Å². The van der Waals surface area contributed by atoms with E-state index < -0.39 is 5.54 Å². The first-order chi connectivity index (χ1) is 8.18. The number of benzene rings is 1. The standard InChI is InChI=1S/C13H14Cl2N2/c14-11-4-6-12(7-5-11)17(15)13(10-16)8-2-1-3-9-13/h4-7H,1-3,8-9H2. The second-order valence-corrected chi connectivity index (χ2v) is 5.24. The van der Waals surface area contributed by atoms with Gasteiger partial charge in [-0.25, -0.2) is 0 Å². The van der Waals surface area contributed by atoms with Gasteiger partial charge in [0.05, 0.1) is 11.8 Å². The van der Waals surface area contributed by atoms with Crippen LogP contribution in [0.1, 0.15) is 32.1 Å². The van der Waals surface area contributed by atoms with Crippen molar-refractivity contribution in [1.29, 1.82) is 5.26 Å². The minimum atomic E-state index is -0.562. The van der Waals surface area contributed by atoms with Gasteiger partial charge in [-0.3, -0.25) is 4.42 Å². The Kier molecular flexibility index (Phi) is 3.81. The van der Waals surface area contributed by atoms with Crippen LogP contribution in [-0.4, -0.2) is 5.54 Å². The third-order valence-electron chi connectivity index (χ3n) is 3.32. The highest BCUT2D eigenvalue weighted by atomic mass is 35.5. The fourth-order valence-corrected chi connectivity index (χ4v) is 2.75. The molecule has 0 spiro atoms. The summed E-state index contributed by atoms with van der Waals surface area (Å²) in [6.07, 6.45) is 4.97. The zero-order valence-corrected chi connectivity index (χ0v) is 11.0. The minimum Gasteiger partial charge on any atom is -0.265 e. The highest BCUT2D eigenvalue weighted by Crippen LogP contribution is 2.38. The highest BCUT2D eigenvalue weighted by molar-refractivity contribution is 6.31. The van der Waals surface area contributed by atoms with Crippen molar-refractivity contribution in [3.8, 4) is 6.07 Å². The fourth-order valence-electron chi connectivity index (χ4n) is 2.31. The lowest BCUT2D eigenvalue weighted by atomic mass is 9.82. The van der Waals surface area contributed by atoms with E-state index in [1.54, 1.807) is 16.6 Å². The largest absolute Gasteiger partial charge is 0.265 e. The lowest BCUT2D eigenvalue weighted by Crippen LogP contribution is -2.43. The number of anilines is 1. The molecule has 0 atom stereocenters. The first-order valence-corrected chi connectivity index (χ1v) is 6.52. The second kappa shape index (κ2) is 5.16. The molecule has 2 rings (SSSR count). The van der Waals surface area contributed by atoms with Gasteiger partial charge < -0.3 is 0 Å². The molecule has 1 aromatic rings. The lowest BCUT2D eigenvalue weighted by molar-refractivity contribution is 0.372. The van der Waals surface area contributed by atoms with E-state index >= 15 is 0 Å². The Morgan fingerprint density at radius 3 is 2.24 bits per heavy atom. The lowest BCUT2D eigenvalue weighted by Gasteiger charge is -2.37. The van der Waals surface area contributed by atoms with Crippen LogP contribution < -0.4 is 4.42 Å². The molecule has 2 nitrogen and oxygen atoms in total. The summed E-state index contributed by atoms with van der Waals surface area (Å²) in [6, 6.07) is 9.68. The molecular weight excluding hydrogens is 255 g/mol. The molecule has 0 aliphatic heterocycles. The van der Waals surface area contributed by atoms with Crippen LogP contribution >= 0.6 is 23.4 Å². The van der Waals surface area contributed by atoms with E-state index in [1.165, 1.54) is 6.42 Å².